The minimum atomic E-state index is -0.251. The molecule has 3 N–H and O–H groups in total. The molecule has 4 rings (SSSR count). The van der Waals surface area contributed by atoms with Gasteiger partial charge in [-0.2, -0.15) is 5.10 Å². The highest BCUT2D eigenvalue weighted by atomic mass is 32.1. The fourth-order valence-corrected chi connectivity index (χ4v) is 3.59. The molecule has 0 spiro atoms. The Hall–Kier alpha value is -2.58. The van der Waals surface area contributed by atoms with Crippen molar-refractivity contribution >= 4 is 22.4 Å². The Kier molecular flexibility index (Phi) is 4.29. The Balaban J connectivity index is 1.45. The molecular formula is C17H18N6OS. The van der Waals surface area contributed by atoms with Gasteiger partial charge in [-0.05, 0) is 12.5 Å². The molecule has 8 heteroatoms. The number of amides is 1. The molecule has 0 unspecified atom stereocenters. The lowest BCUT2D eigenvalue weighted by Crippen LogP contribution is -2.25. The van der Waals surface area contributed by atoms with Crippen LogP contribution >= 0.6 is 11.3 Å². The molecule has 0 radical (unpaired) electrons. The molecule has 7 nitrogen and oxygen atoms in total. The standard InChI is InChI=1S/C17H18N6OS/c1-10-2-4-11(5-3-10)8-14-21-23-17(25-14)19-16(24)15-12-9-18-7-6-13(12)20-22-15/h2-5,18H,6-9H2,1H3,(H,20,22)(H,19,23,24). The molecule has 3 heterocycles. The smallest absolute Gasteiger partial charge is 0.278 e. The first-order valence-corrected chi connectivity index (χ1v) is 8.97. The van der Waals surface area contributed by atoms with E-state index >= 15 is 0 Å². The summed E-state index contributed by atoms with van der Waals surface area (Å²) in [7, 11) is 0. The summed E-state index contributed by atoms with van der Waals surface area (Å²) in [5.74, 6) is -0.251. The van der Waals surface area contributed by atoms with Crippen LogP contribution in [0.1, 0.15) is 37.9 Å². The number of fused-ring (bicyclic) bond motifs is 1. The van der Waals surface area contributed by atoms with Crippen LogP contribution < -0.4 is 10.6 Å². The first kappa shape index (κ1) is 15.9. The summed E-state index contributed by atoms with van der Waals surface area (Å²) in [5.41, 5.74) is 4.80. The van der Waals surface area contributed by atoms with Crippen molar-refractivity contribution in [1.29, 1.82) is 0 Å². The minimum Gasteiger partial charge on any atom is -0.312 e. The molecule has 0 fully saturated rings. The van der Waals surface area contributed by atoms with E-state index in [0.717, 1.165) is 29.2 Å². The maximum absolute atomic E-state index is 12.5. The summed E-state index contributed by atoms with van der Waals surface area (Å²) in [6, 6.07) is 8.32. The lowest BCUT2D eigenvalue weighted by atomic mass is 10.1. The molecule has 1 aromatic carbocycles. The van der Waals surface area contributed by atoms with Gasteiger partial charge in [0.1, 0.15) is 5.01 Å². The van der Waals surface area contributed by atoms with Gasteiger partial charge in [0.25, 0.3) is 5.91 Å². The molecule has 0 saturated heterocycles. The SMILES string of the molecule is Cc1ccc(Cc2nnc(NC(=O)c3n[nH]c4c3CNCC4)s2)cc1. The second-order valence-electron chi connectivity index (χ2n) is 6.07. The van der Waals surface area contributed by atoms with E-state index in [1.807, 2.05) is 0 Å². The van der Waals surface area contributed by atoms with Crippen molar-refractivity contribution in [2.45, 2.75) is 26.3 Å². The Bertz CT molecular complexity index is 898. The third kappa shape index (κ3) is 3.45. The summed E-state index contributed by atoms with van der Waals surface area (Å²) in [4.78, 5) is 12.5. The number of hydrogen-bond acceptors (Lipinski definition) is 6. The van der Waals surface area contributed by atoms with Gasteiger partial charge in [0.2, 0.25) is 5.13 Å². The Morgan fingerprint density at radius 1 is 1.28 bits per heavy atom. The fraction of sp³-hybridized carbons (Fsp3) is 0.294. The number of nitrogens with zero attached hydrogens (tertiary/aromatic N) is 3. The molecule has 0 bridgehead atoms. The molecule has 3 aromatic rings. The third-order valence-electron chi connectivity index (χ3n) is 4.18. The Morgan fingerprint density at radius 3 is 2.96 bits per heavy atom. The van der Waals surface area contributed by atoms with Crippen LogP contribution in [0, 0.1) is 6.92 Å². The predicted octanol–water partition coefficient (Wildman–Crippen LogP) is 2.06. The van der Waals surface area contributed by atoms with E-state index in [2.05, 4.69) is 62.2 Å². The molecule has 128 valence electrons. The molecular weight excluding hydrogens is 336 g/mol. The number of hydrogen-bond donors (Lipinski definition) is 3. The number of aromatic amines is 1. The van der Waals surface area contributed by atoms with Crippen LogP contribution in [0.3, 0.4) is 0 Å². The first-order chi connectivity index (χ1) is 12.2. The van der Waals surface area contributed by atoms with Gasteiger partial charge in [0.05, 0.1) is 0 Å². The van der Waals surface area contributed by atoms with E-state index in [1.165, 1.54) is 22.5 Å². The number of benzene rings is 1. The van der Waals surface area contributed by atoms with Crippen LogP contribution in [-0.2, 0) is 19.4 Å². The zero-order chi connectivity index (χ0) is 17.2. The minimum absolute atomic E-state index is 0.251. The summed E-state index contributed by atoms with van der Waals surface area (Å²) < 4.78 is 0. The first-order valence-electron chi connectivity index (χ1n) is 8.15. The topological polar surface area (TPSA) is 95.6 Å². The predicted molar refractivity (Wildman–Crippen MR) is 95.8 cm³/mol. The molecule has 0 saturated carbocycles. The van der Waals surface area contributed by atoms with Gasteiger partial charge in [-0.15, -0.1) is 10.2 Å². The van der Waals surface area contributed by atoms with Crippen molar-refractivity contribution in [2.75, 3.05) is 11.9 Å². The van der Waals surface area contributed by atoms with Crippen LogP contribution in [0.2, 0.25) is 0 Å². The molecule has 1 aliphatic rings. The third-order valence-corrected chi connectivity index (χ3v) is 5.02. The van der Waals surface area contributed by atoms with Gasteiger partial charge >= 0.3 is 0 Å². The molecule has 0 aliphatic carbocycles. The monoisotopic (exact) mass is 354 g/mol. The van der Waals surface area contributed by atoms with Gasteiger partial charge < -0.3 is 5.32 Å². The summed E-state index contributed by atoms with van der Waals surface area (Å²) in [6.07, 6.45) is 1.56. The fourth-order valence-electron chi connectivity index (χ4n) is 2.83. The number of carbonyl (C=O) groups excluding carboxylic acids is 1. The normalized spacial score (nSPS) is 13.5. The number of H-pyrrole nitrogens is 1. The number of rotatable bonds is 4. The average Bonchev–Trinajstić information content (AvgIpc) is 3.23. The molecule has 1 amide bonds. The maximum Gasteiger partial charge on any atom is 0.278 e. The van der Waals surface area contributed by atoms with Gasteiger partial charge in [-0.1, -0.05) is 41.2 Å². The Labute approximate surface area is 148 Å². The highest BCUT2D eigenvalue weighted by Crippen LogP contribution is 2.21. The van der Waals surface area contributed by atoms with E-state index in [0.29, 0.717) is 23.8 Å². The van der Waals surface area contributed by atoms with E-state index in [9.17, 15) is 4.79 Å². The summed E-state index contributed by atoms with van der Waals surface area (Å²) >= 11 is 1.39. The quantitative estimate of drug-likeness (QED) is 0.666. The number of anilines is 1. The van der Waals surface area contributed by atoms with Crippen LogP contribution in [0.15, 0.2) is 24.3 Å². The largest absolute Gasteiger partial charge is 0.312 e. The average molecular weight is 354 g/mol. The van der Waals surface area contributed by atoms with E-state index in [1.54, 1.807) is 0 Å². The zero-order valence-electron chi connectivity index (χ0n) is 13.8. The van der Waals surface area contributed by atoms with Gasteiger partial charge in [0.15, 0.2) is 5.69 Å². The van der Waals surface area contributed by atoms with Crippen molar-refractivity contribution in [3.8, 4) is 0 Å². The van der Waals surface area contributed by atoms with Crippen molar-refractivity contribution in [2.24, 2.45) is 0 Å². The van der Waals surface area contributed by atoms with Crippen molar-refractivity contribution < 1.29 is 4.79 Å². The number of nitrogens with one attached hydrogen (secondary N) is 3. The van der Waals surface area contributed by atoms with E-state index < -0.39 is 0 Å². The van der Waals surface area contributed by atoms with Crippen molar-refractivity contribution in [3.63, 3.8) is 0 Å². The number of aromatic nitrogens is 4. The van der Waals surface area contributed by atoms with Gasteiger partial charge in [0, 0.05) is 37.2 Å². The lowest BCUT2D eigenvalue weighted by Gasteiger charge is -2.12. The summed E-state index contributed by atoms with van der Waals surface area (Å²) in [5, 5.41) is 22.8. The van der Waals surface area contributed by atoms with Crippen LogP contribution in [0.5, 0.6) is 0 Å². The maximum atomic E-state index is 12.5. The van der Waals surface area contributed by atoms with Gasteiger partial charge in [-0.25, -0.2) is 0 Å². The van der Waals surface area contributed by atoms with E-state index in [-0.39, 0.29) is 5.91 Å². The molecule has 2 aromatic heterocycles. The van der Waals surface area contributed by atoms with Gasteiger partial charge in [-0.3, -0.25) is 15.2 Å². The molecule has 0 atom stereocenters. The highest BCUT2D eigenvalue weighted by molar-refractivity contribution is 7.15. The van der Waals surface area contributed by atoms with Crippen LogP contribution in [-0.4, -0.2) is 32.8 Å². The zero-order valence-corrected chi connectivity index (χ0v) is 14.6. The highest BCUT2D eigenvalue weighted by Gasteiger charge is 2.22. The second kappa shape index (κ2) is 6.73. The van der Waals surface area contributed by atoms with Crippen molar-refractivity contribution in [3.05, 3.63) is 57.4 Å². The molecule has 25 heavy (non-hydrogen) atoms. The Morgan fingerprint density at radius 2 is 2.12 bits per heavy atom. The van der Waals surface area contributed by atoms with E-state index in [4.69, 9.17) is 0 Å². The van der Waals surface area contributed by atoms with Crippen LogP contribution in [0.25, 0.3) is 0 Å². The second-order valence-corrected chi connectivity index (χ2v) is 7.14. The van der Waals surface area contributed by atoms with Crippen molar-refractivity contribution in [1.82, 2.24) is 25.7 Å². The van der Waals surface area contributed by atoms with Crippen LogP contribution in [0.4, 0.5) is 5.13 Å². The summed E-state index contributed by atoms with van der Waals surface area (Å²) in [6.45, 7) is 3.62. The lowest BCUT2D eigenvalue weighted by molar-refractivity contribution is 0.102. The molecule has 1 aliphatic heterocycles. The number of aryl methyl sites for hydroxylation is 1. The number of carbonyl (C=O) groups is 1.